The minimum Gasteiger partial charge on any atom is -0.462 e. The van der Waals surface area contributed by atoms with Crippen LogP contribution in [-0.2, 0) is 19.6 Å². The Balaban J connectivity index is 2.87. The average molecular weight is 319 g/mol. The summed E-state index contributed by atoms with van der Waals surface area (Å²) in [7, 11) is -3.98. The van der Waals surface area contributed by atoms with E-state index in [0.717, 1.165) is 5.56 Å². The van der Waals surface area contributed by atoms with Gasteiger partial charge in [0.25, 0.3) is 6.08 Å². The second kappa shape index (κ2) is 7.28. The number of rotatable bonds is 6. The lowest BCUT2D eigenvalue weighted by Crippen LogP contribution is -2.29. The molecule has 116 valence electrons. The zero-order valence-electron chi connectivity index (χ0n) is 11.5. The lowest BCUT2D eigenvalue weighted by Gasteiger charge is -2.09. The van der Waals surface area contributed by atoms with Crippen molar-refractivity contribution in [3.8, 4) is 0 Å². The fraction of sp³-hybridized carbons (Fsp3) is 0.308. The summed E-state index contributed by atoms with van der Waals surface area (Å²) in [5.74, 6) is -1.25. The van der Waals surface area contributed by atoms with Gasteiger partial charge in [-0.2, -0.15) is 8.78 Å². The average Bonchev–Trinajstić information content (AvgIpc) is 2.39. The molecule has 0 aliphatic carbocycles. The van der Waals surface area contributed by atoms with E-state index in [1.807, 2.05) is 4.72 Å². The minimum atomic E-state index is -3.98. The number of sulfonamides is 1. The van der Waals surface area contributed by atoms with Gasteiger partial charge in [0, 0.05) is 6.54 Å². The number of halogens is 2. The van der Waals surface area contributed by atoms with E-state index in [1.54, 1.807) is 19.1 Å². The number of hydrogen-bond donors (Lipinski definition) is 1. The molecule has 0 unspecified atom stereocenters. The van der Waals surface area contributed by atoms with Crippen LogP contribution in [0, 0.1) is 6.92 Å². The van der Waals surface area contributed by atoms with Crippen LogP contribution in [0.4, 0.5) is 8.78 Å². The van der Waals surface area contributed by atoms with Crippen LogP contribution in [-0.4, -0.2) is 27.5 Å². The first kappa shape index (κ1) is 17.3. The molecule has 1 rings (SSSR count). The first-order valence-electron chi connectivity index (χ1n) is 6.05. The van der Waals surface area contributed by atoms with E-state index in [-0.39, 0.29) is 11.5 Å². The van der Waals surface area contributed by atoms with Crippen molar-refractivity contribution in [2.75, 3.05) is 13.2 Å². The number of esters is 1. The molecule has 0 heterocycles. The van der Waals surface area contributed by atoms with Gasteiger partial charge < -0.3 is 4.74 Å². The van der Waals surface area contributed by atoms with E-state index in [2.05, 4.69) is 4.74 Å². The van der Waals surface area contributed by atoms with E-state index < -0.39 is 34.2 Å². The smallest absolute Gasteiger partial charge is 0.340 e. The van der Waals surface area contributed by atoms with E-state index in [9.17, 15) is 22.0 Å². The predicted octanol–water partition coefficient (Wildman–Crippen LogP) is 1.99. The maximum atomic E-state index is 12.6. The van der Waals surface area contributed by atoms with Crippen molar-refractivity contribution in [1.29, 1.82) is 0 Å². The Kier molecular flexibility index (Phi) is 5.98. The Bertz CT molecular complexity index is 635. The molecule has 21 heavy (non-hydrogen) atoms. The molecule has 0 amide bonds. The molecule has 1 aromatic carbocycles. The van der Waals surface area contributed by atoms with Gasteiger partial charge in [-0.05, 0) is 26.0 Å². The van der Waals surface area contributed by atoms with Crippen molar-refractivity contribution < 1.29 is 26.7 Å². The van der Waals surface area contributed by atoms with Crippen LogP contribution in [0.3, 0.4) is 0 Å². The van der Waals surface area contributed by atoms with Crippen LogP contribution in [0.2, 0.25) is 0 Å². The number of nitrogens with one attached hydrogen (secondary N) is 1. The molecule has 1 N–H and O–H groups in total. The number of benzene rings is 1. The van der Waals surface area contributed by atoms with Gasteiger partial charge in [0.05, 0.1) is 11.5 Å². The van der Waals surface area contributed by atoms with Crippen molar-refractivity contribution in [1.82, 2.24) is 4.72 Å². The molecule has 0 fully saturated rings. The standard InChI is InChI=1S/C13H15F2NO4S/c1-3-20-13(17)11(12(14)15)8-16-21(18,19)10-6-4-9(2)5-7-10/h4-7,16H,3,8H2,1-2H3. The number of ether oxygens (including phenoxy) is 1. The molecule has 0 atom stereocenters. The molecule has 0 spiro atoms. The first-order valence-corrected chi connectivity index (χ1v) is 7.54. The summed E-state index contributed by atoms with van der Waals surface area (Å²) >= 11 is 0. The first-order chi connectivity index (χ1) is 9.77. The van der Waals surface area contributed by atoms with Crippen molar-refractivity contribution in [3.63, 3.8) is 0 Å². The Morgan fingerprint density at radius 1 is 1.24 bits per heavy atom. The zero-order chi connectivity index (χ0) is 16.0. The lowest BCUT2D eigenvalue weighted by molar-refractivity contribution is -0.138. The van der Waals surface area contributed by atoms with Gasteiger partial charge in [-0.1, -0.05) is 17.7 Å². The summed E-state index contributed by atoms with van der Waals surface area (Å²) in [6.07, 6.45) is -2.28. The van der Waals surface area contributed by atoms with Crippen LogP contribution >= 0.6 is 0 Å². The van der Waals surface area contributed by atoms with Gasteiger partial charge in [-0.15, -0.1) is 0 Å². The van der Waals surface area contributed by atoms with Crippen LogP contribution < -0.4 is 4.72 Å². The normalized spacial score (nSPS) is 11.0. The molecule has 0 aliphatic heterocycles. The van der Waals surface area contributed by atoms with Crippen molar-refractivity contribution in [3.05, 3.63) is 41.5 Å². The number of hydrogen-bond acceptors (Lipinski definition) is 4. The van der Waals surface area contributed by atoms with E-state index in [4.69, 9.17) is 0 Å². The minimum absolute atomic E-state index is 0.0735. The van der Waals surface area contributed by atoms with E-state index in [1.165, 1.54) is 19.1 Å². The molecule has 8 heteroatoms. The molecular weight excluding hydrogens is 304 g/mol. The third-order valence-electron chi connectivity index (χ3n) is 2.52. The third-order valence-corrected chi connectivity index (χ3v) is 3.94. The van der Waals surface area contributed by atoms with Crippen LogP contribution in [0.5, 0.6) is 0 Å². The molecule has 1 aromatic rings. The molecular formula is C13H15F2NO4S. The molecule has 0 aromatic heterocycles. The predicted molar refractivity (Wildman–Crippen MR) is 72.2 cm³/mol. The molecule has 5 nitrogen and oxygen atoms in total. The fourth-order valence-corrected chi connectivity index (χ4v) is 2.40. The SMILES string of the molecule is CCOC(=O)C(CNS(=O)(=O)c1ccc(C)cc1)=C(F)F. The third kappa shape index (κ3) is 4.91. The number of carbonyl (C=O) groups excluding carboxylic acids is 1. The van der Waals surface area contributed by atoms with E-state index >= 15 is 0 Å². The second-order valence-corrected chi connectivity index (χ2v) is 5.86. The van der Waals surface area contributed by atoms with Gasteiger partial charge in [-0.3, -0.25) is 0 Å². The highest BCUT2D eigenvalue weighted by Gasteiger charge is 2.21. The van der Waals surface area contributed by atoms with Gasteiger partial charge in [0.1, 0.15) is 5.57 Å². The van der Waals surface area contributed by atoms with Gasteiger partial charge in [-0.25, -0.2) is 17.9 Å². The van der Waals surface area contributed by atoms with Crippen LogP contribution in [0.25, 0.3) is 0 Å². The maximum Gasteiger partial charge on any atom is 0.340 e. The van der Waals surface area contributed by atoms with Gasteiger partial charge >= 0.3 is 5.97 Å². The lowest BCUT2D eigenvalue weighted by atomic mass is 10.2. The highest BCUT2D eigenvalue weighted by molar-refractivity contribution is 7.89. The van der Waals surface area contributed by atoms with Crippen LogP contribution in [0.1, 0.15) is 12.5 Å². The number of carbonyl (C=O) groups is 1. The largest absolute Gasteiger partial charge is 0.462 e. The molecule has 0 saturated heterocycles. The Morgan fingerprint density at radius 2 is 1.81 bits per heavy atom. The Labute approximate surface area is 121 Å². The highest BCUT2D eigenvalue weighted by Crippen LogP contribution is 2.13. The molecule has 0 bridgehead atoms. The molecule has 0 saturated carbocycles. The topological polar surface area (TPSA) is 72.5 Å². The quantitative estimate of drug-likeness (QED) is 0.643. The molecule has 0 radical (unpaired) electrons. The van der Waals surface area contributed by atoms with Crippen molar-refractivity contribution >= 4 is 16.0 Å². The zero-order valence-corrected chi connectivity index (χ0v) is 12.3. The monoisotopic (exact) mass is 319 g/mol. The summed E-state index contributed by atoms with van der Waals surface area (Å²) in [6.45, 7) is 2.32. The fourth-order valence-electron chi connectivity index (χ4n) is 1.40. The maximum absolute atomic E-state index is 12.6. The summed E-state index contributed by atoms with van der Waals surface area (Å²) in [5.41, 5.74) is -0.150. The van der Waals surface area contributed by atoms with Gasteiger partial charge in [0.15, 0.2) is 0 Å². The van der Waals surface area contributed by atoms with Gasteiger partial charge in [0.2, 0.25) is 10.0 Å². The Hall–Kier alpha value is -1.80. The highest BCUT2D eigenvalue weighted by atomic mass is 32.2. The summed E-state index contributed by atoms with van der Waals surface area (Å²) in [5, 5.41) is 0. The van der Waals surface area contributed by atoms with Crippen LogP contribution in [0.15, 0.2) is 40.8 Å². The second-order valence-electron chi connectivity index (χ2n) is 4.10. The summed E-state index contributed by atoms with van der Waals surface area (Å²) in [4.78, 5) is 11.2. The molecule has 0 aliphatic rings. The number of aryl methyl sites for hydroxylation is 1. The van der Waals surface area contributed by atoms with Crippen molar-refractivity contribution in [2.45, 2.75) is 18.7 Å². The summed E-state index contributed by atoms with van der Waals surface area (Å²) < 4.78 is 55.5. The van der Waals surface area contributed by atoms with Crippen molar-refractivity contribution in [2.24, 2.45) is 0 Å². The van der Waals surface area contributed by atoms with E-state index in [0.29, 0.717) is 0 Å². The summed E-state index contributed by atoms with van der Waals surface area (Å²) in [6, 6.07) is 5.84. The Morgan fingerprint density at radius 3 is 2.29 bits per heavy atom.